The Balaban J connectivity index is 2.16. The number of nitrogens with one attached hydrogen (secondary N) is 2. The van der Waals surface area contributed by atoms with Crippen LogP contribution in [0.5, 0.6) is 0 Å². The van der Waals surface area contributed by atoms with Gasteiger partial charge in [-0.25, -0.2) is 15.8 Å². The molecule has 7 nitrogen and oxygen atoms in total. The number of aromatic nitrogens is 2. The Morgan fingerprint density at radius 1 is 1.29 bits per heavy atom. The molecule has 0 bridgehead atoms. The highest BCUT2D eigenvalue weighted by molar-refractivity contribution is 5.48. The third-order valence-corrected chi connectivity index (χ3v) is 2.63. The van der Waals surface area contributed by atoms with Crippen LogP contribution in [0, 0.1) is 0 Å². The van der Waals surface area contributed by atoms with E-state index in [9.17, 15) is 0 Å². The Hall–Kier alpha value is -1.44. The van der Waals surface area contributed by atoms with E-state index in [4.69, 9.17) is 16.1 Å². The average Bonchev–Trinajstić information content (AvgIpc) is 3.19. The zero-order valence-corrected chi connectivity index (χ0v) is 9.43. The number of hydrazine groups is 1. The Bertz CT molecular complexity index is 379. The molecule has 0 radical (unpaired) electrons. The topological polar surface area (TPSA) is 116 Å². The number of rotatable bonds is 6. The van der Waals surface area contributed by atoms with Crippen LogP contribution >= 0.6 is 0 Å². The van der Waals surface area contributed by atoms with Gasteiger partial charge in [-0.05, 0) is 12.8 Å². The van der Waals surface area contributed by atoms with Crippen molar-refractivity contribution in [3.63, 3.8) is 0 Å². The summed E-state index contributed by atoms with van der Waals surface area (Å²) in [5.41, 5.74) is 2.48. The maximum atomic E-state index is 9.00. The van der Waals surface area contributed by atoms with Crippen molar-refractivity contribution >= 4 is 11.6 Å². The predicted octanol–water partition coefficient (Wildman–Crippen LogP) is -0.595. The summed E-state index contributed by atoms with van der Waals surface area (Å²) in [7, 11) is 0. The van der Waals surface area contributed by atoms with Crippen molar-refractivity contribution in [3.8, 4) is 0 Å². The van der Waals surface area contributed by atoms with Crippen LogP contribution in [0.3, 0.4) is 0 Å². The highest BCUT2D eigenvalue weighted by atomic mass is 16.3. The van der Waals surface area contributed by atoms with E-state index in [0.717, 1.165) is 18.7 Å². The van der Waals surface area contributed by atoms with Crippen molar-refractivity contribution in [1.29, 1.82) is 0 Å². The molecule has 1 fully saturated rings. The summed E-state index contributed by atoms with van der Waals surface area (Å²) in [5, 5.41) is 20.9. The van der Waals surface area contributed by atoms with Crippen molar-refractivity contribution in [3.05, 3.63) is 11.9 Å². The summed E-state index contributed by atoms with van der Waals surface area (Å²) in [4.78, 5) is 8.60. The summed E-state index contributed by atoms with van der Waals surface area (Å²) in [6, 6.07) is 1.21. The molecule has 0 aromatic carbocycles. The Kier molecular flexibility index (Phi) is 3.72. The van der Waals surface area contributed by atoms with Crippen molar-refractivity contribution < 1.29 is 10.2 Å². The molecule has 1 aliphatic carbocycles. The highest BCUT2D eigenvalue weighted by Crippen LogP contribution is 2.38. The molecule has 0 atom stereocenters. The molecule has 6 N–H and O–H groups in total. The fourth-order valence-electron chi connectivity index (χ4n) is 1.50. The summed E-state index contributed by atoms with van der Waals surface area (Å²) in [6.45, 7) is -0.324. The van der Waals surface area contributed by atoms with Gasteiger partial charge in [0.2, 0.25) is 0 Å². The van der Waals surface area contributed by atoms with E-state index in [1.807, 2.05) is 0 Å². The largest absolute Gasteiger partial charge is 0.394 e. The molecular weight excluding hydrogens is 222 g/mol. The minimum absolute atomic E-state index is 0.162. The molecule has 7 heteroatoms. The lowest BCUT2D eigenvalue weighted by molar-refractivity contribution is 0.203. The van der Waals surface area contributed by atoms with Gasteiger partial charge in [0.1, 0.15) is 17.5 Å². The zero-order valence-electron chi connectivity index (χ0n) is 9.43. The standard InChI is InChI=1S/C10H17N5O2/c11-15-9-3-8(12-7(4-16)5-17)13-10(14-9)6-1-2-6/h3,6-7,16-17H,1-2,4-5,11H2,(H2,12,13,14,15). The van der Waals surface area contributed by atoms with Gasteiger partial charge in [0.25, 0.3) is 0 Å². The maximum absolute atomic E-state index is 9.00. The molecule has 17 heavy (non-hydrogen) atoms. The van der Waals surface area contributed by atoms with E-state index in [0.29, 0.717) is 17.6 Å². The molecule has 0 spiro atoms. The quantitative estimate of drug-likeness (QED) is 0.332. The molecule has 0 aliphatic heterocycles. The van der Waals surface area contributed by atoms with Gasteiger partial charge in [-0.15, -0.1) is 0 Å². The molecule has 1 aromatic rings. The molecule has 1 aromatic heterocycles. The lowest BCUT2D eigenvalue weighted by Crippen LogP contribution is -2.28. The molecule has 1 aliphatic rings. The number of hydrogen-bond acceptors (Lipinski definition) is 7. The summed E-state index contributed by atoms with van der Waals surface area (Å²) in [6.07, 6.45) is 2.19. The monoisotopic (exact) mass is 239 g/mol. The first-order chi connectivity index (χ1) is 8.26. The van der Waals surface area contributed by atoms with Gasteiger partial charge < -0.3 is 21.0 Å². The number of aliphatic hydroxyl groups excluding tert-OH is 2. The van der Waals surface area contributed by atoms with Crippen LogP contribution in [0.1, 0.15) is 24.6 Å². The second-order valence-electron chi connectivity index (χ2n) is 4.12. The van der Waals surface area contributed by atoms with E-state index < -0.39 is 6.04 Å². The maximum Gasteiger partial charge on any atom is 0.145 e. The van der Waals surface area contributed by atoms with Gasteiger partial charge in [-0.2, -0.15) is 0 Å². The van der Waals surface area contributed by atoms with Crippen molar-refractivity contribution in [2.45, 2.75) is 24.8 Å². The fourth-order valence-corrected chi connectivity index (χ4v) is 1.50. The van der Waals surface area contributed by atoms with Crippen LogP contribution in [0.25, 0.3) is 0 Å². The van der Waals surface area contributed by atoms with Gasteiger partial charge in [-0.1, -0.05) is 0 Å². The number of nitrogens with two attached hydrogens (primary N) is 1. The minimum Gasteiger partial charge on any atom is -0.394 e. The fraction of sp³-hybridized carbons (Fsp3) is 0.600. The predicted molar refractivity (Wildman–Crippen MR) is 63.4 cm³/mol. The molecule has 0 unspecified atom stereocenters. The van der Waals surface area contributed by atoms with E-state index in [1.165, 1.54) is 0 Å². The van der Waals surface area contributed by atoms with E-state index in [1.54, 1.807) is 6.07 Å². The van der Waals surface area contributed by atoms with Gasteiger partial charge in [0, 0.05) is 12.0 Å². The lowest BCUT2D eigenvalue weighted by Gasteiger charge is -2.15. The van der Waals surface area contributed by atoms with Gasteiger partial charge in [0.15, 0.2) is 0 Å². The SMILES string of the molecule is NNc1cc(NC(CO)CO)nc(C2CC2)n1. The first-order valence-electron chi connectivity index (χ1n) is 5.60. The Morgan fingerprint density at radius 3 is 2.47 bits per heavy atom. The van der Waals surface area contributed by atoms with Crippen LogP contribution in [0.15, 0.2) is 6.07 Å². The van der Waals surface area contributed by atoms with Crippen LogP contribution in [-0.4, -0.2) is 39.4 Å². The van der Waals surface area contributed by atoms with Crippen LogP contribution in [0.2, 0.25) is 0 Å². The summed E-state index contributed by atoms with van der Waals surface area (Å²) < 4.78 is 0. The van der Waals surface area contributed by atoms with Gasteiger partial charge >= 0.3 is 0 Å². The molecule has 1 heterocycles. The van der Waals surface area contributed by atoms with Crippen molar-refractivity contribution in [1.82, 2.24) is 9.97 Å². The molecule has 2 rings (SSSR count). The zero-order chi connectivity index (χ0) is 12.3. The van der Waals surface area contributed by atoms with Crippen molar-refractivity contribution in [2.24, 2.45) is 5.84 Å². The molecule has 94 valence electrons. The van der Waals surface area contributed by atoms with Crippen LogP contribution in [-0.2, 0) is 0 Å². The second kappa shape index (κ2) is 5.26. The number of anilines is 2. The third kappa shape index (κ3) is 3.02. The van der Waals surface area contributed by atoms with E-state index in [-0.39, 0.29) is 13.2 Å². The number of nitrogen functional groups attached to an aromatic ring is 1. The second-order valence-corrected chi connectivity index (χ2v) is 4.12. The van der Waals surface area contributed by atoms with Crippen molar-refractivity contribution in [2.75, 3.05) is 24.0 Å². The highest BCUT2D eigenvalue weighted by Gasteiger charge is 2.27. The molecule has 0 saturated heterocycles. The normalized spacial score (nSPS) is 15.1. The first kappa shape index (κ1) is 12.0. The van der Waals surface area contributed by atoms with E-state index >= 15 is 0 Å². The summed E-state index contributed by atoms with van der Waals surface area (Å²) in [5.74, 6) is 7.58. The Labute approximate surface area is 99.1 Å². The number of hydrogen-bond donors (Lipinski definition) is 5. The van der Waals surface area contributed by atoms with Gasteiger partial charge in [0.05, 0.1) is 19.3 Å². The Morgan fingerprint density at radius 2 is 1.94 bits per heavy atom. The third-order valence-electron chi connectivity index (χ3n) is 2.63. The van der Waals surface area contributed by atoms with Crippen LogP contribution < -0.4 is 16.6 Å². The number of aliphatic hydroxyl groups is 2. The molecule has 1 saturated carbocycles. The lowest BCUT2D eigenvalue weighted by atomic mass is 10.3. The first-order valence-corrected chi connectivity index (χ1v) is 5.60. The number of nitrogens with zero attached hydrogens (tertiary/aromatic N) is 2. The minimum atomic E-state index is -0.428. The average molecular weight is 239 g/mol. The van der Waals surface area contributed by atoms with Crippen LogP contribution in [0.4, 0.5) is 11.6 Å². The van der Waals surface area contributed by atoms with Gasteiger partial charge in [-0.3, -0.25) is 0 Å². The molecular formula is C10H17N5O2. The molecule has 0 amide bonds. The van der Waals surface area contributed by atoms with E-state index in [2.05, 4.69) is 20.7 Å². The summed E-state index contributed by atoms with van der Waals surface area (Å²) >= 11 is 0. The smallest absolute Gasteiger partial charge is 0.145 e.